The Morgan fingerprint density at radius 3 is 2.22 bits per heavy atom. The van der Waals surface area contributed by atoms with Gasteiger partial charge >= 0.3 is 0 Å². The Bertz CT molecular complexity index is 535. The van der Waals surface area contributed by atoms with Gasteiger partial charge in [0.05, 0.1) is 0 Å². The van der Waals surface area contributed by atoms with Crippen molar-refractivity contribution in [2.24, 2.45) is 0 Å². The van der Waals surface area contributed by atoms with Crippen molar-refractivity contribution in [1.82, 2.24) is 5.32 Å². The molecule has 1 aromatic carbocycles. The number of carbonyl (C=O) groups excluding carboxylic acids is 1. The fourth-order valence-corrected chi connectivity index (χ4v) is 3.51. The van der Waals surface area contributed by atoms with E-state index in [2.05, 4.69) is 5.32 Å². The normalized spacial score (nSPS) is 26.6. The second-order valence-electron chi connectivity index (χ2n) is 6.14. The first-order valence-corrected chi connectivity index (χ1v) is 8.74. The van der Waals surface area contributed by atoms with E-state index < -0.39 is 9.96 Å². The predicted octanol–water partition coefficient (Wildman–Crippen LogP) is 2.11. The van der Waals surface area contributed by atoms with Crippen molar-refractivity contribution in [2.45, 2.75) is 42.9 Å². The van der Waals surface area contributed by atoms with Crippen molar-refractivity contribution in [2.75, 3.05) is 13.1 Å². The third kappa shape index (κ3) is 5.23. The van der Waals surface area contributed by atoms with E-state index in [4.69, 9.17) is 39.5 Å². The standard InChI is InChI=1S/C16H21Cl3N2O2/c1-10-4-6-13(7-5-10)14(22)20-15(16(17,18)19)21-8-11(2)23-12(3)9-21/h4-7,11-12,15H,8-9H2,1-3H3,(H,20,22)/p+1/t11-,12-,15-/m1/s1. The number of carbonyl (C=O) groups is 1. The summed E-state index contributed by atoms with van der Waals surface area (Å²) in [5.74, 6) is -0.249. The number of benzene rings is 1. The molecule has 23 heavy (non-hydrogen) atoms. The number of halogens is 3. The summed E-state index contributed by atoms with van der Waals surface area (Å²) >= 11 is 18.4. The topological polar surface area (TPSA) is 42.8 Å². The smallest absolute Gasteiger partial charge is 0.262 e. The molecular weight excluding hydrogens is 359 g/mol. The number of ether oxygens (including phenoxy) is 1. The lowest BCUT2D eigenvalue weighted by Gasteiger charge is -2.39. The number of nitrogens with one attached hydrogen (secondary N) is 2. The number of hydrogen-bond donors (Lipinski definition) is 2. The monoisotopic (exact) mass is 379 g/mol. The van der Waals surface area contributed by atoms with Gasteiger partial charge in [-0.25, -0.2) is 0 Å². The van der Waals surface area contributed by atoms with Crippen molar-refractivity contribution in [3.63, 3.8) is 0 Å². The van der Waals surface area contributed by atoms with Crippen LogP contribution in [0.2, 0.25) is 0 Å². The van der Waals surface area contributed by atoms with Crippen LogP contribution in [0.4, 0.5) is 0 Å². The van der Waals surface area contributed by atoms with Gasteiger partial charge in [-0.1, -0.05) is 52.5 Å². The number of amides is 1. The quantitative estimate of drug-likeness (QED) is 0.789. The van der Waals surface area contributed by atoms with Gasteiger partial charge in [0.2, 0.25) is 6.17 Å². The zero-order chi connectivity index (χ0) is 17.2. The molecule has 1 aliphatic heterocycles. The minimum atomic E-state index is -1.60. The van der Waals surface area contributed by atoms with E-state index in [9.17, 15) is 4.79 Å². The van der Waals surface area contributed by atoms with Crippen LogP contribution >= 0.6 is 34.8 Å². The Hall–Kier alpha value is -0.520. The number of rotatable bonds is 3. The molecule has 0 aliphatic carbocycles. The molecule has 3 atom stereocenters. The summed E-state index contributed by atoms with van der Waals surface area (Å²) in [6, 6.07) is 7.29. The Labute approximate surface area is 152 Å². The van der Waals surface area contributed by atoms with Crippen molar-refractivity contribution in [1.29, 1.82) is 0 Å². The fraction of sp³-hybridized carbons (Fsp3) is 0.562. The summed E-state index contributed by atoms with van der Waals surface area (Å²) in [6.07, 6.45) is -0.560. The highest BCUT2D eigenvalue weighted by molar-refractivity contribution is 6.68. The molecule has 1 fully saturated rings. The molecule has 4 nitrogen and oxygen atoms in total. The van der Waals surface area contributed by atoms with Gasteiger partial charge in [0.15, 0.2) is 0 Å². The first kappa shape index (κ1) is 18.8. The van der Waals surface area contributed by atoms with Gasteiger partial charge < -0.3 is 9.64 Å². The maximum Gasteiger partial charge on any atom is 0.262 e. The summed E-state index contributed by atoms with van der Waals surface area (Å²) in [4.78, 5) is 13.5. The average molecular weight is 381 g/mol. The zero-order valence-electron chi connectivity index (χ0n) is 13.4. The van der Waals surface area contributed by atoms with Crippen molar-refractivity contribution in [3.05, 3.63) is 35.4 Å². The van der Waals surface area contributed by atoms with E-state index in [1.165, 1.54) is 0 Å². The van der Waals surface area contributed by atoms with Gasteiger partial charge in [-0.2, -0.15) is 0 Å². The molecular formula is C16H22Cl3N2O2+. The van der Waals surface area contributed by atoms with Crippen molar-refractivity contribution >= 4 is 40.7 Å². The van der Waals surface area contributed by atoms with Crippen LogP contribution in [0.5, 0.6) is 0 Å². The largest absolute Gasteiger partial charge is 0.364 e. The minimum absolute atomic E-state index is 0.0416. The fourth-order valence-electron chi connectivity index (χ4n) is 2.89. The molecule has 2 N–H and O–H groups in total. The molecule has 128 valence electrons. The molecule has 1 saturated heterocycles. The van der Waals surface area contributed by atoms with Crippen LogP contribution in [0.3, 0.4) is 0 Å². The highest BCUT2D eigenvalue weighted by atomic mass is 35.6. The van der Waals surface area contributed by atoms with Crippen LogP contribution in [-0.4, -0.2) is 41.2 Å². The molecule has 0 spiro atoms. The summed E-state index contributed by atoms with van der Waals surface area (Å²) in [7, 11) is 0. The zero-order valence-corrected chi connectivity index (χ0v) is 15.7. The number of morpholine rings is 1. The molecule has 2 rings (SSSR count). The van der Waals surface area contributed by atoms with Crippen molar-refractivity contribution in [3.8, 4) is 0 Å². The Morgan fingerprint density at radius 1 is 1.22 bits per heavy atom. The molecule has 1 heterocycles. The van der Waals surface area contributed by atoms with Gasteiger partial charge in [0, 0.05) is 5.56 Å². The lowest BCUT2D eigenvalue weighted by molar-refractivity contribution is -0.941. The third-order valence-electron chi connectivity index (χ3n) is 3.89. The lowest BCUT2D eigenvalue weighted by Crippen LogP contribution is -3.22. The highest BCUT2D eigenvalue weighted by Crippen LogP contribution is 2.28. The predicted molar refractivity (Wildman–Crippen MR) is 93.4 cm³/mol. The Kier molecular flexibility index (Phi) is 6.20. The second kappa shape index (κ2) is 7.58. The number of quaternary nitrogens is 1. The molecule has 0 aromatic heterocycles. The molecule has 1 aliphatic rings. The average Bonchev–Trinajstić information content (AvgIpc) is 2.42. The van der Waals surface area contributed by atoms with Crippen LogP contribution in [0.25, 0.3) is 0 Å². The van der Waals surface area contributed by atoms with Crippen LogP contribution in [0.1, 0.15) is 29.8 Å². The van der Waals surface area contributed by atoms with Crippen LogP contribution in [-0.2, 0) is 4.74 Å². The maximum absolute atomic E-state index is 12.5. The first-order chi connectivity index (χ1) is 10.7. The van der Waals surface area contributed by atoms with E-state index in [1.54, 1.807) is 12.1 Å². The highest BCUT2D eigenvalue weighted by Gasteiger charge is 2.44. The van der Waals surface area contributed by atoms with Crippen LogP contribution in [0.15, 0.2) is 24.3 Å². The van der Waals surface area contributed by atoms with Crippen LogP contribution in [0, 0.1) is 6.92 Å². The number of alkyl halides is 3. The summed E-state index contributed by atoms with van der Waals surface area (Å²) < 4.78 is 4.11. The van der Waals surface area contributed by atoms with Gasteiger partial charge in [-0.05, 0) is 32.9 Å². The molecule has 0 radical (unpaired) electrons. The van der Waals surface area contributed by atoms with E-state index in [-0.39, 0.29) is 18.1 Å². The summed E-state index contributed by atoms with van der Waals surface area (Å²) in [5.41, 5.74) is 1.63. The minimum Gasteiger partial charge on any atom is -0.364 e. The number of hydrogen-bond acceptors (Lipinski definition) is 2. The van der Waals surface area contributed by atoms with E-state index in [0.717, 1.165) is 10.5 Å². The van der Waals surface area contributed by atoms with E-state index in [1.807, 2.05) is 32.9 Å². The van der Waals surface area contributed by atoms with Crippen molar-refractivity contribution < 1.29 is 14.4 Å². The third-order valence-corrected chi connectivity index (χ3v) is 4.54. The first-order valence-electron chi connectivity index (χ1n) is 7.61. The molecule has 7 heteroatoms. The van der Waals surface area contributed by atoms with Crippen LogP contribution < -0.4 is 10.2 Å². The van der Waals surface area contributed by atoms with E-state index >= 15 is 0 Å². The molecule has 0 bridgehead atoms. The van der Waals surface area contributed by atoms with Gasteiger partial charge in [0.25, 0.3) is 9.70 Å². The molecule has 1 amide bonds. The SMILES string of the molecule is Cc1ccc(C(=O)N[C@H]([NH+]2C[C@@H](C)O[C@H](C)C2)C(Cl)(Cl)Cl)cc1. The summed E-state index contributed by atoms with van der Waals surface area (Å²) in [5, 5.41) is 2.88. The molecule has 0 saturated carbocycles. The summed E-state index contributed by atoms with van der Waals surface area (Å²) in [6.45, 7) is 7.25. The second-order valence-corrected chi connectivity index (χ2v) is 8.51. The molecule has 0 unspecified atom stereocenters. The number of aryl methyl sites for hydroxylation is 1. The van der Waals surface area contributed by atoms with Gasteiger partial charge in [0.1, 0.15) is 25.3 Å². The Morgan fingerprint density at radius 2 is 1.74 bits per heavy atom. The van der Waals surface area contributed by atoms with Gasteiger partial charge in [-0.15, -0.1) is 0 Å². The molecule has 1 aromatic rings. The van der Waals surface area contributed by atoms with E-state index in [0.29, 0.717) is 18.7 Å². The lowest BCUT2D eigenvalue weighted by atomic mass is 10.1. The van der Waals surface area contributed by atoms with Gasteiger partial charge in [-0.3, -0.25) is 10.1 Å². The Balaban J connectivity index is 2.16. The maximum atomic E-state index is 12.5.